The monoisotopic (exact) mass is 516 g/mol. The average molecular weight is 517 g/mol. The van der Waals surface area contributed by atoms with E-state index >= 15 is 0 Å². The molecule has 36 heavy (non-hydrogen) atoms. The van der Waals surface area contributed by atoms with Crippen LogP contribution >= 0.6 is 11.8 Å². The molecule has 9 heteroatoms. The molecule has 2 heterocycles. The molecular weight excluding hydrogens is 492 g/mol. The molecule has 182 valence electrons. The second-order valence-electron chi connectivity index (χ2n) is 8.53. The molecule has 3 aromatic carbocycles. The third-order valence-corrected chi connectivity index (χ3v) is 8.56. The van der Waals surface area contributed by atoms with Crippen molar-refractivity contribution in [3.05, 3.63) is 95.7 Å². The minimum atomic E-state index is -3.88. The molecule has 1 aromatic heterocycles. The van der Waals surface area contributed by atoms with Gasteiger partial charge in [0.25, 0.3) is 10.0 Å². The van der Waals surface area contributed by atoms with Crippen LogP contribution in [-0.2, 0) is 21.4 Å². The Kier molecular flexibility index (Phi) is 6.51. The van der Waals surface area contributed by atoms with Crippen LogP contribution < -0.4 is 9.62 Å². The number of amides is 1. The normalized spacial score (nSPS) is 13.6. The summed E-state index contributed by atoms with van der Waals surface area (Å²) >= 11 is 1.16. The number of aryl methyl sites for hydroxylation is 2. The van der Waals surface area contributed by atoms with Crippen LogP contribution in [0.4, 0.5) is 11.4 Å². The predicted octanol–water partition coefficient (Wildman–Crippen LogP) is 5.20. The van der Waals surface area contributed by atoms with Crippen molar-refractivity contribution in [1.82, 2.24) is 9.97 Å². The second kappa shape index (κ2) is 9.75. The lowest BCUT2D eigenvalue weighted by molar-refractivity contribution is -0.113. The highest BCUT2D eigenvalue weighted by Gasteiger charge is 2.36. The molecule has 0 radical (unpaired) electrons. The lowest BCUT2D eigenvalue weighted by Gasteiger charge is -2.31. The predicted molar refractivity (Wildman–Crippen MR) is 143 cm³/mol. The summed E-state index contributed by atoms with van der Waals surface area (Å²) in [6.45, 7) is 4.13. The van der Waals surface area contributed by atoms with Gasteiger partial charge >= 0.3 is 0 Å². The molecule has 1 amide bonds. The van der Waals surface area contributed by atoms with Crippen molar-refractivity contribution < 1.29 is 13.2 Å². The molecule has 1 N–H and O–H groups in total. The molecular formula is C27H24N4O3S2. The SMILES string of the molecule is Cc1cccc(NC(=O)CSc2ncc3c(n2)-c2ccccc2N(Cc2ccccc2C)S3(=O)=O)c1. The number of carbonyl (C=O) groups is 1. The van der Waals surface area contributed by atoms with Crippen LogP contribution in [0.2, 0.25) is 0 Å². The number of aromatic nitrogens is 2. The van der Waals surface area contributed by atoms with Gasteiger partial charge in [0.15, 0.2) is 5.16 Å². The van der Waals surface area contributed by atoms with Crippen LogP contribution in [-0.4, -0.2) is 30.0 Å². The zero-order valence-corrected chi connectivity index (χ0v) is 21.4. The maximum Gasteiger partial charge on any atom is 0.268 e. The first-order valence-electron chi connectivity index (χ1n) is 11.4. The van der Waals surface area contributed by atoms with E-state index in [1.165, 1.54) is 10.5 Å². The number of sulfonamides is 1. The Morgan fingerprint density at radius 3 is 2.58 bits per heavy atom. The van der Waals surface area contributed by atoms with Crippen molar-refractivity contribution in [3.63, 3.8) is 0 Å². The number of hydrogen-bond acceptors (Lipinski definition) is 6. The maximum absolute atomic E-state index is 13.7. The highest BCUT2D eigenvalue weighted by atomic mass is 32.2. The summed E-state index contributed by atoms with van der Waals surface area (Å²) < 4.78 is 28.7. The third-order valence-electron chi connectivity index (χ3n) is 5.94. The first-order valence-corrected chi connectivity index (χ1v) is 13.8. The van der Waals surface area contributed by atoms with E-state index in [4.69, 9.17) is 0 Å². The standard InChI is InChI=1S/C27H24N4O3S2/c1-18-8-7-11-21(14-18)29-25(32)17-35-27-28-15-24-26(30-27)22-12-5-6-13-23(22)31(36(24,33)34)16-20-10-4-3-9-19(20)2/h3-15H,16-17H2,1-2H3,(H,29,32). The van der Waals surface area contributed by atoms with Crippen LogP contribution in [0.5, 0.6) is 0 Å². The fourth-order valence-corrected chi connectivity index (χ4v) is 6.27. The zero-order chi connectivity index (χ0) is 25.3. The van der Waals surface area contributed by atoms with Gasteiger partial charge in [0.2, 0.25) is 5.91 Å². The number of nitrogens with one attached hydrogen (secondary N) is 1. The highest BCUT2D eigenvalue weighted by Crippen LogP contribution is 2.43. The molecule has 0 aliphatic carbocycles. The van der Waals surface area contributed by atoms with Crippen molar-refractivity contribution in [2.24, 2.45) is 0 Å². The van der Waals surface area contributed by atoms with Gasteiger partial charge < -0.3 is 5.32 Å². The summed E-state index contributed by atoms with van der Waals surface area (Å²) in [6.07, 6.45) is 1.35. The van der Waals surface area contributed by atoms with Crippen LogP contribution in [0.25, 0.3) is 11.3 Å². The van der Waals surface area contributed by atoms with E-state index in [9.17, 15) is 13.2 Å². The van der Waals surface area contributed by atoms with E-state index in [0.717, 1.165) is 34.1 Å². The number of para-hydroxylation sites is 1. The molecule has 1 aliphatic heterocycles. The summed E-state index contributed by atoms with van der Waals surface area (Å²) in [5.41, 5.74) is 5.35. The van der Waals surface area contributed by atoms with Gasteiger partial charge in [-0.05, 0) is 48.7 Å². The minimum absolute atomic E-state index is 0.0587. The summed E-state index contributed by atoms with van der Waals surface area (Å²) in [4.78, 5) is 21.3. The van der Waals surface area contributed by atoms with E-state index in [-0.39, 0.29) is 23.1 Å². The number of nitrogens with zero attached hydrogens (tertiary/aromatic N) is 3. The van der Waals surface area contributed by atoms with Gasteiger partial charge in [-0.15, -0.1) is 0 Å². The largest absolute Gasteiger partial charge is 0.325 e. The molecule has 4 aromatic rings. The molecule has 0 bridgehead atoms. The zero-order valence-electron chi connectivity index (χ0n) is 19.8. The molecule has 0 saturated carbocycles. The summed E-state index contributed by atoms with van der Waals surface area (Å²) in [7, 11) is -3.88. The lowest BCUT2D eigenvalue weighted by Crippen LogP contribution is -2.34. The number of hydrogen-bond donors (Lipinski definition) is 1. The van der Waals surface area contributed by atoms with Crippen molar-refractivity contribution >= 4 is 39.1 Å². The van der Waals surface area contributed by atoms with E-state index in [1.54, 1.807) is 6.07 Å². The number of benzene rings is 3. The van der Waals surface area contributed by atoms with Gasteiger partial charge in [0.1, 0.15) is 4.90 Å². The molecule has 5 rings (SSSR count). The Bertz CT molecular complexity index is 1570. The van der Waals surface area contributed by atoms with Gasteiger partial charge in [-0.1, -0.05) is 66.4 Å². The average Bonchev–Trinajstić information content (AvgIpc) is 2.86. The highest BCUT2D eigenvalue weighted by molar-refractivity contribution is 7.99. The van der Waals surface area contributed by atoms with Crippen LogP contribution in [0.15, 0.2) is 89.0 Å². The Labute approximate surface area is 214 Å². The molecule has 0 unspecified atom stereocenters. The number of thioether (sulfide) groups is 1. The van der Waals surface area contributed by atoms with Gasteiger partial charge in [-0.3, -0.25) is 9.10 Å². The van der Waals surface area contributed by atoms with Gasteiger partial charge in [-0.2, -0.15) is 0 Å². The first kappa shape index (κ1) is 24.0. The third kappa shape index (κ3) is 4.72. The minimum Gasteiger partial charge on any atom is -0.325 e. The molecule has 7 nitrogen and oxygen atoms in total. The number of rotatable bonds is 6. The first-order chi connectivity index (χ1) is 17.3. The van der Waals surface area contributed by atoms with Gasteiger partial charge in [0, 0.05) is 11.3 Å². The van der Waals surface area contributed by atoms with E-state index in [0.29, 0.717) is 22.1 Å². The molecule has 0 spiro atoms. The lowest BCUT2D eigenvalue weighted by atomic mass is 10.1. The number of anilines is 2. The summed E-state index contributed by atoms with van der Waals surface area (Å²) in [5.74, 6) is -0.0927. The Hall–Kier alpha value is -3.69. The van der Waals surface area contributed by atoms with Crippen LogP contribution in [0.3, 0.4) is 0 Å². The fraction of sp³-hybridized carbons (Fsp3) is 0.148. The Morgan fingerprint density at radius 2 is 1.78 bits per heavy atom. The van der Waals surface area contributed by atoms with Crippen molar-refractivity contribution in [1.29, 1.82) is 0 Å². The maximum atomic E-state index is 13.7. The summed E-state index contributed by atoms with van der Waals surface area (Å²) in [5, 5.41) is 3.20. The van der Waals surface area contributed by atoms with Crippen molar-refractivity contribution in [3.8, 4) is 11.3 Å². The van der Waals surface area contributed by atoms with Gasteiger partial charge in [-0.25, -0.2) is 18.4 Å². The van der Waals surface area contributed by atoms with E-state index < -0.39 is 10.0 Å². The summed E-state index contributed by atoms with van der Waals surface area (Å²) in [6, 6.07) is 22.6. The smallest absolute Gasteiger partial charge is 0.268 e. The van der Waals surface area contributed by atoms with Gasteiger partial charge in [0.05, 0.1) is 29.9 Å². The molecule has 0 saturated heterocycles. The fourth-order valence-electron chi connectivity index (χ4n) is 4.11. The number of fused-ring (bicyclic) bond motifs is 3. The van der Waals surface area contributed by atoms with Crippen LogP contribution in [0.1, 0.15) is 16.7 Å². The molecule has 0 atom stereocenters. The van der Waals surface area contributed by atoms with Crippen LogP contribution in [0, 0.1) is 13.8 Å². The van der Waals surface area contributed by atoms with E-state index in [2.05, 4.69) is 15.3 Å². The van der Waals surface area contributed by atoms with E-state index in [1.807, 2.05) is 80.6 Å². The van der Waals surface area contributed by atoms with Crippen molar-refractivity contribution in [2.45, 2.75) is 30.4 Å². The number of carbonyl (C=O) groups excluding carboxylic acids is 1. The molecule has 1 aliphatic rings. The second-order valence-corrected chi connectivity index (χ2v) is 11.3. The van der Waals surface area contributed by atoms with Crippen molar-refractivity contribution in [2.75, 3.05) is 15.4 Å². The Balaban J connectivity index is 1.42. The Morgan fingerprint density at radius 1 is 1.00 bits per heavy atom. The molecule has 0 fully saturated rings. The quantitative estimate of drug-likeness (QED) is 0.280. The topological polar surface area (TPSA) is 92.3 Å².